The molecule has 0 bridgehead atoms. The highest BCUT2D eigenvalue weighted by atomic mass is 16.5. The predicted octanol–water partition coefficient (Wildman–Crippen LogP) is 2.38. The van der Waals surface area contributed by atoms with E-state index in [4.69, 9.17) is 4.74 Å². The molecule has 0 spiro atoms. The topological polar surface area (TPSA) is 68.2 Å². The molecule has 1 amide bonds. The van der Waals surface area contributed by atoms with Gasteiger partial charge in [0.2, 0.25) is 5.91 Å². The van der Waals surface area contributed by atoms with Crippen LogP contribution in [0.15, 0.2) is 30.9 Å². The van der Waals surface area contributed by atoms with Crippen LogP contribution in [-0.4, -0.2) is 45.0 Å². The Hall–Kier alpha value is -2.34. The van der Waals surface area contributed by atoms with Crippen molar-refractivity contribution in [3.05, 3.63) is 42.1 Å². The van der Waals surface area contributed by atoms with Crippen LogP contribution in [0.4, 0.5) is 0 Å². The molecule has 0 radical (unpaired) electrons. The minimum absolute atomic E-state index is 0.160. The number of methoxy groups -OCH3 is 1. The number of rotatable bonds is 4. The van der Waals surface area contributed by atoms with Crippen LogP contribution in [0.5, 0.6) is 0 Å². The smallest absolute Gasteiger partial charge is 0.225 e. The Morgan fingerprint density at radius 2 is 2.24 bits per heavy atom. The molecule has 1 fully saturated rings. The van der Waals surface area contributed by atoms with Gasteiger partial charge < -0.3 is 9.64 Å². The second-order valence-electron chi connectivity index (χ2n) is 6.87. The third-order valence-corrected chi connectivity index (χ3v) is 5.46. The molecule has 0 N–H and O–H groups in total. The van der Waals surface area contributed by atoms with Crippen molar-refractivity contribution in [2.45, 2.75) is 44.2 Å². The number of ether oxygens (including phenoxy) is 1. The molecule has 6 nitrogen and oxygen atoms in total. The molecule has 0 saturated heterocycles. The average molecular weight is 338 g/mol. The molecule has 1 saturated carbocycles. The Morgan fingerprint density at radius 1 is 1.36 bits per heavy atom. The maximum atomic E-state index is 12.8. The summed E-state index contributed by atoms with van der Waals surface area (Å²) in [5.41, 5.74) is 3.66. The van der Waals surface area contributed by atoms with Crippen LogP contribution in [0.1, 0.15) is 36.9 Å². The van der Waals surface area contributed by atoms with Crippen molar-refractivity contribution < 1.29 is 9.53 Å². The summed E-state index contributed by atoms with van der Waals surface area (Å²) in [6.45, 7) is 1.26. The molecule has 1 aliphatic carbocycles. The molecule has 130 valence electrons. The molecule has 0 unspecified atom stereocenters. The second-order valence-corrected chi connectivity index (χ2v) is 6.87. The Balaban J connectivity index is 1.57. The number of pyridine rings is 1. The summed E-state index contributed by atoms with van der Waals surface area (Å²) in [7, 11) is 1.71. The van der Waals surface area contributed by atoms with Crippen LogP contribution >= 0.6 is 0 Å². The van der Waals surface area contributed by atoms with E-state index in [0.29, 0.717) is 19.5 Å². The fourth-order valence-corrected chi connectivity index (χ4v) is 3.72. The number of fused-ring (bicyclic) bond motifs is 1. The highest BCUT2D eigenvalue weighted by molar-refractivity contribution is 5.78. The van der Waals surface area contributed by atoms with Crippen LogP contribution in [0.25, 0.3) is 11.3 Å². The number of aromatic nitrogens is 3. The molecule has 0 atom stereocenters. The van der Waals surface area contributed by atoms with Crippen molar-refractivity contribution in [2.75, 3.05) is 13.7 Å². The third kappa shape index (κ3) is 3.02. The number of carbonyl (C=O) groups is 1. The number of nitrogens with zero attached hydrogens (tertiary/aromatic N) is 4. The number of hydrogen-bond donors (Lipinski definition) is 0. The SMILES string of the molecule is COC1(CC(=O)N2CCc3ncnc(-c4cccnc4)c3C2)CCC1. The summed E-state index contributed by atoms with van der Waals surface area (Å²) >= 11 is 0. The molecule has 3 heterocycles. The zero-order chi connectivity index (χ0) is 17.3. The van der Waals surface area contributed by atoms with Gasteiger partial charge in [0.1, 0.15) is 6.33 Å². The molecule has 1 aliphatic heterocycles. The van der Waals surface area contributed by atoms with Crippen molar-refractivity contribution in [2.24, 2.45) is 0 Å². The summed E-state index contributed by atoms with van der Waals surface area (Å²) < 4.78 is 5.62. The quantitative estimate of drug-likeness (QED) is 0.856. The monoisotopic (exact) mass is 338 g/mol. The largest absolute Gasteiger partial charge is 0.378 e. The minimum atomic E-state index is -0.239. The van der Waals surface area contributed by atoms with Crippen LogP contribution < -0.4 is 0 Å². The van der Waals surface area contributed by atoms with Crippen molar-refractivity contribution in [3.63, 3.8) is 0 Å². The van der Waals surface area contributed by atoms with Gasteiger partial charge in [0.25, 0.3) is 0 Å². The fraction of sp³-hybridized carbons (Fsp3) is 0.474. The van der Waals surface area contributed by atoms with Gasteiger partial charge >= 0.3 is 0 Å². The van der Waals surface area contributed by atoms with E-state index in [0.717, 1.165) is 48.2 Å². The van der Waals surface area contributed by atoms with Crippen molar-refractivity contribution in [1.82, 2.24) is 19.9 Å². The van der Waals surface area contributed by atoms with Gasteiger partial charge in [-0.3, -0.25) is 9.78 Å². The second kappa shape index (κ2) is 6.52. The lowest BCUT2D eigenvalue weighted by Crippen LogP contribution is -2.46. The minimum Gasteiger partial charge on any atom is -0.378 e. The molecule has 25 heavy (non-hydrogen) atoms. The molecular formula is C19H22N4O2. The Labute approximate surface area is 147 Å². The Morgan fingerprint density at radius 3 is 2.92 bits per heavy atom. The maximum absolute atomic E-state index is 12.8. The summed E-state index contributed by atoms with van der Waals surface area (Å²) in [4.78, 5) is 27.8. The lowest BCUT2D eigenvalue weighted by atomic mass is 9.77. The van der Waals surface area contributed by atoms with E-state index in [1.165, 1.54) is 0 Å². The Bertz CT molecular complexity index is 769. The van der Waals surface area contributed by atoms with Gasteiger partial charge in [-0.1, -0.05) is 0 Å². The van der Waals surface area contributed by atoms with Gasteiger partial charge in [0.05, 0.1) is 23.4 Å². The van der Waals surface area contributed by atoms with Crippen molar-refractivity contribution in [1.29, 1.82) is 0 Å². The summed E-state index contributed by atoms with van der Waals surface area (Å²) in [6, 6.07) is 3.89. The predicted molar refractivity (Wildman–Crippen MR) is 92.6 cm³/mol. The van der Waals surface area contributed by atoms with Gasteiger partial charge in [-0.25, -0.2) is 9.97 Å². The summed E-state index contributed by atoms with van der Waals surface area (Å²) in [5, 5.41) is 0. The highest BCUT2D eigenvalue weighted by Gasteiger charge is 2.40. The first-order chi connectivity index (χ1) is 12.2. The summed E-state index contributed by atoms with van der Waals surface area (Å²) in [5.74, 6) is 0.160. The molecule has 4 rings (SSSR count). The third-order valence-electron chi connectivity index (χ3n) is 5.46. The van der Waals surface area contributed by atoms with Crippen LogP contribution in [0.3, 0.4) is 0 Å². The van der Waals surface area contributed by atoms with Crippen LogP contribution in [0, 0.1) is 0 Å². The molecular weight excluding hydrogens is 316 g/mol. The zero-order valence-corrected chi connectivity index (χ0v) is 14.4. The molecule has 2 aromatic heterocycles. The molecule has 0 aromatic carbocycles. The fourth-order valence-electron chi connectivity index (χ4n) is 3.72. The standard InChI is InChI=1S/C19H22N4O2/c1-25-19(6-3-7-19)10-17(24)23-9-5-16-15(12-23)18(22-13-21-16)14-4-2-8-20-11-14/h2,4,8,11,13H,3,5-7,9-10,12H2,1H3. The molecule has 2 aliphatic rings. The first-order valence-electron chi connectivity index (χ1n) is 8.77. The van der Waals surface area contributed by atoms with E-state index >= 15 is 0 Å². The molecule has 6 heteroatoms. The highest BCUT2D eigenvalue weighted by Crippen LogP contribution is 2.39. The van der Waals surface area contributed by atoms with E-state index in [1.54, 1.807) is 25.8 Å². The van der Waals surface area contributed by atoms with E-state index in [-0.39, 0.29) is 11.5 Å². The first kappa shape index (κ1) is 16.1. The van der Waals surface area contributed by atoms with Gasteiger partial charge in [0, 0.05) is 50.1 Å². The zero-order valence-electron chi connectivity index (χ0n) is 14.4. The lowest BCUT2D eigenvalue weighted by Gasteiger charge is -2.41. The Kier molecular flexibility index (Phi) is 4.21. The van der Waals surface area contributed by atoms with E-state index in [1.807, 2.05) is 17.0 Å². The van der Waals surface area contributed by atoms with E-state index < -0.39 is 0 Å². The number of hydrogen-bond acceptors (Lipinski definition) is 5. The number of carbonyl (C=O) groups excluding carboxylic acids is 1. The summed E-state index contributed by atoms with van der Waals surface area (Å²) in [6.07, 6.45) is 9.47. The van der Waals surface area contributed by atoms with Crippen LogP contribution in [-0.2, 0) is 22.5 Å². The van der Waals surface area contributed by atoms with Gasteiger partial charge in [-0.05, 0) is 31.4 Å². The van der Waals surface area contributed by atoms with Gasteiger partial charge in [-0.15, -0.1) is 0 Å². The van der Waals surface area contributed by atoms with Crippen LogP contribution in [0.2, 0.25) is 0 Å². The maximum Gasteiger partial charge on any atom is 0.225 e. The lowest BCUT2D eigenvalue weighted by molar-refractivity contribution is -0.145. The normalized spacial score (nSPS) is 18.4. The van der Waals surface area contributed by atoms with E-state index in [9.17, 15) is 4.79 Å². The molecule has 2 aromatic rings. The van der Waals surface area contributed by atoms with E-state index in [2.05, 4.69) is 15.0 Å². The van der Waals surface area contributed by atoms with Gasteiger partial charge in [-0.2, -0.15) is 0 Å². The van der Waals surface area contributed by atoms with Gasteiger partial charge in [0.15, 0.2) is 0 Å². The first-order valence-corrected chi connectivity index (χ1v) is 8.77. The number of amides is 1. The van der Waals surface area contributed by atoms with Crippen molar-refractivity contribution in [3.8, 4) is 11.3 Å². The average Bonchev–Trinajstić information content (AvgIpc) is 2.64. The van der Waals surface area contributed by atoms with Crippen molar-refractivity contribution >= 4 is 5.91 Å².